The van der Waals surface area contributed by atoms with Gasteiger partial charge in [-0.15, -0.1) is 6.42 Å². The Kier molecular flexibility index (Phi) is 3.01. The van der Waals surface area contributed by atoms with Gasteiger partial charge in [-0.2, -0.15) is 4.37 Å². The van der Waals surface area contributed by atoms with Crippen LogP contribution in [-0.4, -0.2) is 10.3 Å². The summed E-state index contributed by atoms with van der Waals surface area (Å²) in [4.78, 5) is 10.8. The van der Waals surface area contributed by atoms with Gasteiger partial charge in [0.25, 0.3) is 0 Å². The van der Waals surface area contributed by atoms with E-state index in [2.05, 4.69) is 9.69 Å². The second kappa shape index (κ2) is 4.03. The fourth-order valence-electron chi connectivity index (χ4n) is 0.866. The number of amides is 1. The van der Waals surface area contributed by atoms with Crippen molar-refractivity contribution in [2.45, 2.75) is 13.5 Å². The third kappa shape index (κ3) is 2.05. The molecule has 0 saturated heterocycles. The minimum atomic E-state index is -0.474. The van der Waals surface area contributed by atoms with Crippen LogP contribution in [-0.2, 0) is 11.3 Å². The van der Waals surface area contributed by atoms with E-state index >= 15 is 0 Å². The third-order valence-corrected chi connectivity index (χ3v) is 2.44. The molecule has 0 radical (unpaired) electrons. The van der Waals surface area contributed by atoms with Crippen LogP contribution < -0.4 is 11.1 Å². The maximum Gasteiger partial charge on any atom is 0.300 e. The Hall–Kier alpha value is -1.38. The van der Waals surface area contributed by atoms with Crippen LogP contribution in [0.3, 0.4) is 0 Å². The van der Waals surface area contributed by atoms with E-state index in [4.69, 9.17) is 12.2 Å². The average molecular weight is 195 g/mol. The summed E-state index contributed by atoms with van der Waals surface area (Å²) in [5, 5.41) is 3.17. The van der Waals surface area contributed by atoms with Crippen LogP contribution in [0, 0.1) is 19.3 Å². The standard InChI is InChI=1S/C8H9N3OS/c1-3-7(12)10-8-6(4-9)5(2)11-13-8/h1H,4,9H2,2H3,(H,10,12). The Morgan fingerprint density at radius 3 is 3.08 bits per heavy atom. The van der Waals surface area contributed by atoms with Crippen LogP contribution in [0.2, 0.25) is 0 Å². The first-order valence-corrected chi connectivity index (χ1v) is 4.39. The lowest BCUT2D eigenvalue weighted by molar-refractivity contribution is -0.111. The zero-order valence-corrected chi connectivity index (χ0v) is 7.94. The normalized spacial score (nSPS) is 9.31. The van der Waals surface area contributed by atoms with Crippen molar-refractivity contribution in [1.29, 1.82) is 0 Å². The Morgan fingerprint density at radius 1 is 1.85 bits per heavy atom. The van der Waals surface area contributed by atoms with Crippen molar-refractivity contribution in [2.75, 3.05) is 5.32 Å². The Morgan fingerprint density at radius 2 is 2.54 bits per heavy atom. The number of nitrogens with zero attached hydrogens (tertiary/aromatic N) is 1. The highest BCUT2D eigenvalue weighted by Crippen LogP contribution is 2.23. The number of anilines is 1. The number of nitrogens with two attached hydrogens (primary N) is 1. The highest BCUT2D eigenvalue weighted by atomic mass is 32.1. The third-order valence-electron chi connectivity index (χ3n) is 1.55. The number of carbonyl (C=O) groups is 1. The summed E-state index contributed by atoms with van der Waals surface area (Å²) in [6.07, 6.45) is 4.91. The quantitative estimate of drug-likeness (QED) is 0.674. The van der Waals surface area contributed by atoms with Gasteiger partial charge in [0.2, 0.25) is 0 Å². The van der Waals surface area contributed by atoms with Crippen LogP contribution in [0.1, 0.15) is 11.3 Å². The molecule has 0 atom stereocenters. The van der Waals surface area contributed by atoms with Crippen molar-refractivity contribution in [3.8, 4) is 12.3 Å². The van der Waals surface area contributed by atoms with Crippen LogP contribution in [0.25, 0.3) is 0 Å². The molecule has 0 fully saturated rings. The highest BCUT2D eigenvalue weighted by molar-refractivity contribution is 7.10. The maximum atomic E-state index is 10.8. The molecule has 1 aromatic heterocycles. The Balaban J connectivity index is 2.90. The van der Waals surface area contributed by atoms with Gasteiger partial charge in [-0.1, -0.05) is 0 Å². The van der Waals surface area contributed by atoms with Crippen molar-refractivity contribution in [3.05, 3.63) is 11.3 Å². The summed E-state index contributed by atoms with van der Waals surface area (Å²) in [6, 6.07) is 0. The molecule has 3 N–H and O–H groups in total. The van der Waals surface area contributed by atoms with Crippen molar-refractivity contribution in [1.82, 2.24) is 4.37 Å². The zero-order valence-electron chi connectivity index (χ0n) is 7.13. The van der Waals surface area contributed by atoms with Gasteiger partial charge in [-0.25, -0.2) is 0 Å². The van der Waals surface area contributed by atoms with Crippen LogP contribution >= 0.6 is 11.5 Å². The molecule has 68 valence electrons. The topological polar surface area (TPSA) is 68.0 Å². The molecule has 5 heteroatoms. The minimum Gasteiger partial charge on any atom is -0.326 e. The van der Waals surface area contributed by atoms with Gasteiger partial charge >= 0.3 is 5.91 Å². The number of nitrogens with one attached hydrogen (secondary N) is 1. The number of terminal acetylenes is 1. The number of hydrogen-bond donors (Lipinski definition) is 2. The average Bonchev–Trinajstić information content (AvgIpc) is 2.46. The number of carbonyl (C=O) groups excluding carboxylic acids is 1. The summed E-state index contributed by atoms with van der Waals surface area (Å²) in [7, 11) is 0. The predicted octanol–water partition coefficient (Wildman–Crippen LogP) is 0.482. The van der Waals surface area contributed by atoms with Crippen molar-refractivity contribution in [3.63, 3.8) is 0 Å². The van der Waals surface area contributed by atoms with Gasteiger partial charge in [-0.05, 0) is 24.4 Å². The van der Waals surface area contributed by atoms with Crippen LogP contribution in [0.5, 0.6) is 0 Å². The molecular weight excluding hydrogens is 186 g/mol. The number of rotatable bonds is 2. The molecule has 4 nitrogen and oxygen atoms in total. The number of aryl methyl sites for hydroxylation is 1. The first kappa shape index (κ1) is 9.71. The van der Waals surface area contributed by atoms with E-state index in [1.807, 2.05) is 12.8 Å². The molecule has 0 aromatic carbocycles. The second-order valence-corrected chi connectivity index (χ2v) is 3.15. The lowest BCUT2D eigenvalue weighted by atomic mass is 10.2. The second-order valence-electron chi connectivity index (χ2n) is 2.38. The van der Waals surface area contributed by atoms with Crippen LogP contribution in [0.4, 0.5) is 5.00 Å². The molecule has 0 spiro atoms. The molecule has 0 aliphatic carbocycles. The lowest BCUT2D eigenvalue weighted by Crippen LogP contribution is -2.09. The van der Waals surface area contributed by atoms with E-state index < -0.39 is 5.91 Å². The minimum absolute atomic E-state index is 0.350. The van der Waals surface area contributed by atoms with E-state index in [0.717, 1.165) is 11.3 Å². The molecule has 0 aliphatic heterocycles. The van der Waals surface area contributed by atoms with Crippen molar-refractivity contribution in [2.24, 2.45) is 5.73 Å². The van der Waals surface area contributed by atoms with E-state index in [0.29, 0.717) is 11.5 Å². The molecule has 1 amide bonds. The SMILES string of the molecule is C#CC(=O)Nc1snc(C)c1CN. The van der Waals surface area contributed by atoms with Gasteiger partial charge in [-0.3, -0.25) is 4.79 Å². The van der Waals surface area contributed by atoms with Gasteiger partial charge < -0.3 is 11.1 Å². The molecule has 0 aliphatic rings. The van der Waals surface area contributed by atoms with Crippen molar-refractivity contribution < 1.29 is 4.79 Å². The van der Waals surface area contributed by atoms with Gasteiger partial charge in [0.1, 0.15) is 5.00 Å². The van der Waals surface area contributed by atoms with E-state index in [9.17, 15) is 4.79 Å². The number of aromatic nitrogens is 1. The molecule has 1 aromatic rings. The fourth-order valence-corrected chi connectivity index (χ4v) is 1.68. The lowest BCUT2D eigenvalue weighted by Gasteiger charge is -1.99. The first-order valence-electron chi connectivity index (χ1n) is 3.61. The number of hydrogen-bond acceptors (Lipinski definition) is 4. The summed E-state index contributed by atoms with van der Waals surface area (Å²) in [5.41, 5.74) is 7.15. The summed E-state index contributed by atoms with van der Waals surface area (Å²) < 4.78 is 4.05. The highest BCUT2D eigenvalue weighted by Gasteiger charge is 2.10. The molecule has 13 heavy (non-hydrogen) atoms. The molecule has 0 bridgehead atoms. The first-order chi connectivity index (χ1) is 6.19. The van der Waals surface area contributed by atoms with Gasteiger partial charge in [0.15, 0.2) is 0 Å². The molecule has 1 rings (SSSR count). The molecule has 1 heterocycles. The molecular formula is C8H9N3OS. The molecule has 0 unspecified atom stereocenters. The Labute approximate surface area is 80.3 Å². The summed E-state index contributed by atoms with van der Waals surface area (Å²) >= 11 is 1.19. The monoisotopic (exact) mass is 195 g/mol. The predicted molar refractivity (Wildman–Crippen MR) is 52.2 cm³/mol. The largest absolute Gasteiger partial charge is 0.326 e. The van der Waals surface area contributed by atoms with E-state index in [1.54, 1.807) is 0 Å². The van der Waals surface area contributed by atoms with Crippen LogP contribution in [0.15, 0.2) is 0 Å². The smallest absolute Gasteiger partial charge is 0.300 e. The Bertz CT molecular complexity index is 364. The zero-order chi connectivity index (χ0) is 9.84. The molecule has 0 saturated carbocycles. The fraction of sp³-hybridized carbons (Fsp3) is 0.250. The summed E-state index contributed by atoms with van der Waals surface area (Å²) in [6.45, 7) is 2.19. The van der Waals surface area contributed by atoms with Gasteiger partial charge in [0.05, 0.1) is 5.69 Å². The van der Waals surface area contributed by atoms with Gasteiger partial charge in [0, 0.05) is 12.1 Å². The van der Waals surface area contributed by atoms with E-state index in [-0.39, 0.29) is 0 Å². The van der Waals surface area contributed by atoms with Crippen molar-refractivity contribution >= 4 is 22.4 Å². The van der Waals surface area contributed by atoms with E-state index in [1.165, 1.54) is 11.5 Å². The summed E-state index contributed by atoms with van der Waals surface area (Å²) in [5.74, 6) is 1.49. The maximum absolute atomic E-state index is 10.8.